The molecule has 0 aromatic heterocycles. The topological polar surface area (TPSA) is 29.1 Å². The third kappa shape index (κ3) is 1.35. The smallest absolute Gasteiger partial charge is 0.243 e. The van der Waals surface area contributed by atoms with Gasteiger partial charge in [-0.15, -0.1) is 0 Å². The van der Waals surface area contributed by atoms with Crippen LogP contribution in [0.3, 0.4) is 0 Å². The van der Waals surface area contributed by atoms with E-state index >= 15 is 0 Å². The molecule has 0 aliphatic heterocycles. The largest absolute Gasteiger partial charge is 0.352 e. The van der Waals surface area contributed by atoms with Gasteiger partial charge in [0, 0.05) is 6.54 Å². The van der Waals surface area contributed by atoms with E-state index in [0.717, 1.165) is 24.3 Å². The minimum Gasteiger partial charge on any atom is -0.352 e. The number of rotatable bonds is 3. The van der Waals surface area contributed by atoms with Crippen LogP contribution >= 0.6 is 0 Å². The fraction of sp³-hybridized carbons (Fsp3) is 0.786. The zero-order chi connectivity index (χ0) is 11.2. The Balaban J connectivity index is 1.72. The first-order valence-electron chi connectivity index (χ1n) is 6.65. The second kappa shape index (κ2) is 3.61. The number of carbonyl (C=O) groups is 1. The molecule has 0 saturated heterocycles. The third-order valence-electron chi connectivity index (χ3n) is 5.44. The highest BCUT2D eigenvalue weighted by molar-refractivity contribution is 5.86. The Morgan fingerprint density at radius 1 is 1.44 bits per heavy atom. The molecular formula is C14H21NO. The van der Waals surface area contributed by atoms with Gasteiger partial charge in [-0.25, -0.2) is 0 Å². The highest BCUT2D eigenvalue weighted by Crippen LogP contribution is 2.65. The van der Waals surface area contributed by atoms with E-state index in [4.69, 9.17) is 0 Å². The van der Waals surface area contributed by atoms with Gasteiger partial charge in [0.1, 0.15) is 0 Å². The van der Waals surface area contributed by atoms with Crippen molar-refractivity contribution in [2.75, 3.05) is 6.54 Å². The van der Waals surface area contributed by atoms with Gasteiger partial charge in [-0.3, -0.25) is 4.79 Å². The standard InChI is InChI=1S/C14H21NO/c1-2-13(16)15-9-14-7-6-10(8-14)11-4-3-5-12(11)14/h2,10-12H,1,3-9H2,(H,15,16). The van der Waals surface area contributed by atoms with E-state index in [1.54, 1.807) is 0 Å². The highest BCUT2D eigenvalue weighted by Gasteiger charge is 2.58. The molecule has 0 aromatic rings. The lowest BCUT2D eigenvalue weighted by Crippen LogP contribution is -2.39. The number of carbonyl (C=O) groups excluding carboxylic acids is 1. The van der Waals surface area contributed by atoms with Crippen LogP contribution in [0.15, 0.2) is 12.7 Å². The van der Waals surface area contributed by atoms with Crippen LogP contribution in [0.25, 0.3) is 0 Å². The maximum absolute atomic E-state index is 11.3. The summed E-state index contributed by atoms with van der Waals surface area (Å²) in [5.41, 5.74) is 0.463. The third-order valence-corrected chi connectivity index (χ3v) is 5.44. The predicted octanol–water partition coefficient (Wildman–Crippen LogP) is 2.51. The first-order chi connectivity index (χ1) is 7.75. The average Bonchev–Trinajstić information content (AvgIpc) is 2.97. The van der Waals surface area contributed by atoms with Crippen molar-refractivity contribution >= 4 is 5.91 Å². The lowest BCUT2D eigenvalue weighted by Gasteiger charge is -2.36. The summed E-state index contributed by atoms with van der Waals surface area (Å²) >= 11 is 0. The van der Waals surface area contributed by atoms with E-state index in [0.29, 0.717) is 5.41 Å². The van der Waals surface area contributed by atoms with Crippen LogP contribution in [0.5, 0.6) is 0 Å². The van der Waals surface area contributed by atoms with Crippen molar-refractivity contribution in [3.8, 4) is 0 Å². The van der Waals surface area contributed by atoms with Crippen molar-refractivity contribution in [1.29, 1.82) is 0 Å². The van der Waals surface area contributed by atoms with Gasteiger partial charge in [0.25, 0.3) is 0 Å². The molecular weight excluding hydrogens is 198 g/mol. The fourth-order valence-corrected chi connectivity index (χ4v) is 4.84. The van der Waals surface area contributed by atoms with Crippen LogP contribution < -0.4 is 5.32 Å². The predicted molar refractivity (Wildman–Crippen MR) is 63.8 cm³/mol. The molecule has 0 aromatic carbocycles. The first-order valence-corrected chi connectivity index (χ1v) is 6.65. The Bertz CT molecular complexity index is 325. The van der Waals surface area contributed by atoms with Gasteiger partial charge >= 0.3 is 0 Å². The molecule has 0 spiro atoms. The molecule has 4 unspecified atom stereocenters. The summed E-state index contributed by atoms with van der Waals surface area (Å²) in [6, 6.07) is 0. The van der Waals surface area contributed by atoms with Gasteiger partial charge in [-0.1, -0.05) is 13.0 Å². The Morgan fingerprint density at radius 3 is 3.12 bits per heavy atom. The van der Waals surface area contributed by atoms with Gasteiger partial charge in [-0.05, 0) is 61.3 Å². The van der Waals surface area contributed by atoms with Crippen molar-refractivity contribution in [2.45, 2.75) is 38.5 Å². The van der Waals surface area contributed by atoms with Crippen LogP contribution in [-0.4, -0.2) is 12.5 Å². The molecule has 2 nitrogen and oxygen atoms in total. The second-order valence-electron chi connectivity index (χ2n) is 5.99. The van der Waals surface area contributed by atoms with Crippen molar-refractivity contribution in [3.63, 3.8) is 0 Å². The SMILES string of the molecule is C=CC(=O)NCC12CCC(C1)C1CCCC12. The molecule has 0 radical (unpaired) electrons. The lowest BCUT2D eigenvalue weighted by atomic mass is 9.71. The van der Waals surface area contributed by atoms with Gasteiger partial charge in [0.05, 0.1) is 0 Å². The van der Waals surface area contributed by atoms with E-state index in [2.05, 4.69) is 11.9 Å². The zero-order valence-corrected chi connectivity index (χ0v) is 9.87. The zero-order valence-electron chi connectivity index (χ0n) is 9.87. The van der Waals surface area contributed by atoms with Crippen LogP contribution in [0.2, 0.25) is 0 Å². The molecule has 4 atom stereocenters. The highest BCUT2D eigenvalue weighted by atomic mass is 16.1. The Hall–Kier alpha value is -0.790. The van der Waals surface area contributed by atoms with Gasteiger partial charge in [0.2, 0.25) is 5.91 Å². The van der Waals surface area contributed by atoms with Gasteiger partial charge < -0.3 is 5.32 Å². The summed E-state index contributed by atoms with van der Waals surface area (Å²) in [7, 11) is 0. The summed E-state index contributed by atoms with van der Waals surface area (Å²) in [5, 5.41) is 3.05. The molecule has 3 aliphatic carbocycles. The van der Waals surface area contributed by atoms with Crippen molar-refractivity contribution in [1.82, 2.24) is 5.32 Å². The molecule has 3 fully saturated rings. The van der Waals surface area contributed by atoms with Gasteiger partial charge in [-0.2, -0.15) is 0 Å². The molecule has 3 rings (SSSR count). The lowest BCUT2D eigenvalue weighted by molar-refractivity contribution is -0.117. The number of amides is 1. The van der Waals surface area contributed by atoms with Crippen molar-refractivity contribution in [2.24, 2.45) is 23.2 Å². The Morgan fingerprint density at radius 2 is 2.31 bits per heavy atom. The molecule has 1 amide bonds. The molecule has 88 valence electrons. The monoisotopic (exact) mass is 219 g/mol. The normalized spacial score (nSPS) is 44.4. The summed E-state index contributed by atoms with van der Waals surface area (Å²) in [5.74, 6) is 2.89. The van der Waals surface area contributed by atoms with Crippen LogP contribution in [-0.2, 0) is 4.79 Å². The van der Waals surface area contributed by atoms with E-state index in [1.807, 2.05) is 0 Å². The number of hydrogen-bond donors (Lipinski definition) is 1. The second-order valence-corrected chi connectivity index (χ2v) is 5.99. The van der Waals surface area contributed by atoms with E-state index < -0.39 is 0 Å². The molecule has 0 heterocycles. The Labute approximate surface area is 97.5 Å². The molecule has 2 heteroatoms. The minimum atomic E-state index is -0.000674. The Kier molecular flexibility index (Phi) is 2.34. The van der Waals surface area contributed by atoms with E-state index in [1.165, 1.54) is 44.6 Å². The molecule has 1 N–H and O–H groups in total. The summed E-state index contributed by atoms with van der Waals surface area (Å²) in [6.45, 7) is 4.42. The van der Waals surface area contributed by atoms with Crippen LogP contribution in [0.1, 0.15) is 38.5 Å². The minimum absolute atomic E-state index is 0.000674. The number of nitrogens with one attached hydrogen (secondary N) is 1. The maximum atomic E-state index is 11.3. The first kappa shape index (κ1) is 10.4. The maximum Gasteiger partial charge on any atom is 0.243 e. The fourth-order valence-electron chi connectivity index (χ4n) is 4.84. The molecule has 16 heavy (non-hydrogen) atoms. The molecule has 3 saturated carbocycles. The van der Waals surface area contributed by atoms with E-state index in [-0.39, 0.29) is 5.91 Å². The van der Waals surface area contributed by atoms with Crippen LogP contribution in [0.4, 0.5) is 0 Å². The van der Waals surface area contributed by atoms with Crippen molar-refractivity contribution in [3.05, 3.63) is 12.7 Å². The average molecular weight is 219 g/mol. The van der Waals surface area contributed by atoms with E-state index in [9.17, 15) is 4.79 Å². The van der Waals surface area contributed by atoms with Gasteiger partial charge in [0.15, 0.2) is 0 Å². The summed E-state index contributed by atoms with van der Waals surface area (Å²) in [6.07, 6.45) is 9.80. The number of fused-ring (bicyclic) bond motifs is 5. The van der Waals surface area contributed by atoms with Crippen molar-refractivity contribution < 1.29 is 4.79 Å². The summed E-state index contributed by atoms with van der Waals surface area (Å²) < 4.78 is 0. The quantitative estimate of drug-likeness (QED) is 0.726. The molecule has 3 aliphatic rings. The summed E-state index contributed by atoms with van der Waals surface area (Å²) in [4.78, 5) is 11.3. The van der Waals surface area contributed by atoms with Crippen LogP contribution in [0, 0.1) is 23.2 Å². The number of hydrogen-bond acceptors (Lipinski definition) is 1. The molecule has 2 bridgehead atoms.